The van der Waals surface area contributed by atoms with Crippen molar-refractivity contribution in [2.45, 2.75) is 4.90 Å². The third-order valence-corrected chi connectivity index (χ3v) is 5.18. The van der Waals surface area contributed by atoms with Crippen LogP contribution in [0, 0.1) is 0 Å². The lowest BCUT2D eigenvalue weighted by Gasteiger charge is -2.32. The van der Waals surface area contributed by atoms with Crippen molar-refractivity contribution in [3.63, 3.8) is 0 Å². The molecule has 23 heavy (non-hydrogen) atoms. The molecule has 1 saturated heterocycles. The van der Waals surface area contributed by atoms with Crippen LogP contribution in [0.25, 0.3) is 11.3 Å². The smallest absolute Gasteiger partial charge is 0.175 e. The van der Waals surface area contributed by atoms with Gasteiger partial charge in [-0.05, 0) is 31.3 Å². The summed E-state index contributed by atoms with van der Waals surface area (Å²) in [6.07, 6.45) is 1.20. The summed E-state index contributed by atoms with van der Waals surface area (Å²) in [5, 5.41) is 8.59. The molecule has 6 nitrogen and oxygen atoms in total. The fourth-order valence-corrected chi connectivity index (χ4v) is 3.19. The van der Waals surface area contributed by atoms with Gasteiger partial charge in [0.15, 0.2) is 15.7 Å². The first-order valence-corrected chi connectivity index (χ1v) is 9.40. The average molecular weight is 332 g/mol. The molecule has 0 radical (unpaired) electrons. The number of piperazine rings is 1. The summed E-state index contributed by atoms with van der Waals surface area (Å²) in [4.78, 5) is 4.83. The summed E-state index contributed by atoms with van der Waals surface area (Å²) in [6.45, 7) is 3.95. The maximum atomic E-state index is 11.5. The highest BCUT2D eigenvalue weighted by Gasteiger charge is 2.15. The number of nitrogens with zero attached hydrogens (tertiary/aromatic N) is 4. The zero-order valence-corrected chi connectivity index (χ0v) is 14.1. The Morgan fingerprint density at radius 2 is 1.57 bits per heavy atom. The molecule has 0 amide bonds. The zero-order chi connectivity index (χ0) is 16.4. The Labute approximate surface area is 136 Å². The van der Waals surface area contributed by atoms with Crippen molar-refractivity contribution in [3.05, 3.63) is 36.4 Å². The monoisotopic (exact) mass is 332 g/mol. The van der Waals surface area contributed by atoms with Crippen LogP contribution < -0.4 is 4.90 Å². The molecular formula is C16H20N4O2S. The van der Waals surface area contributed by atoms with Gasteiger partial charge in [0.25, 0.3) is 0 Å². The summed E-state index contributed by atoms with van der Waals surface area (Å²) < 4.78 is 23.0. The fourth-order valence-electron chi connectivity index (χ4n) is 2.56. The number of benzene rings is 1. The van der Waals surface area contributed by atoms with Gasteiger partial charge >= 0.3 is 0 Å². The van der Waals surface area contributed by atoms with Gasteiger partial charge in [0, 0.05) is 38.0 Å². The maximum absolute atomic E-state index is 11.5. The van der Waals surface area contributed by atoms with Crippen molar-refractivity contribution in [2.24, 2.45) is 0 Å². The van der Waals surface area contributed by atoms with Gasteiger partial charge in [-0.3, -0.25) is 0 Å². The van der Waals surface area contributed by atoms with E-state index in [0.717, 1.165) is 43.3 Å². The Morgan fingerprint density at radius 3 is 2.09 bits per heavy atom. The van der Waals surface area contributed by atoms with Crippen molar-refractivity contribution >= 4 is 15.7 Å². The highest BCUT2D eigenvalue weighted by atomic mass is 32.2. The summed E-state index contributed by atoms with van der Waals surface area (Å²) >= 11 is 0. The van der Waals surface area contributed by atoms with E-state index in [1.807, 2.05) is 12.1 Å². The fraction of sp³-hybridized carbons (Fsp3) is 0.375. The molecule has 0 unspecified atom stereocenters. The molecule has 0 atom stereocenters. The van der Waals surface area contributed by atoms with Gasteiger partial charge in [0.05, 0.1) is 10.6 Å². The van der Waals surface area contributed by atoms with E-state index in [0.29, 0.717) is 4.90 Å². The van der Waals surface area contributed by atoms with Crippen molar-refractivity contribution in [1.29, 1.82) is 0 Å². The lowest BCUT2D eigenvalue weighted by molar-refractivity contribution is 0.312. The van der Waals surface area contributed by atoms with E-state index >= 15 is 0 Å². The summed E-state index contributed by atoms with van der Waals surface area (Å²) in [7, 11) is -1.06. The molecule has 3 rings (SSSR count). The molecule has 1 fully saturated rings. The molecule has 1 aliphatic heterocycles. The van der Waals surface area contributed by atoms with Gasteiger partial charge in [-0.1, -0.05) is 12.1 Å². The number of anilines is 1. The Bertz CT molecular complexity index is 765. The van der Waals surface area contributed by atoms with Crippen LogP contribution >= 0.6 is 0 Å². The lowest BCUT2D eigenvalue weighted by atomic mass is 10.1. The third kappa shape index (κ3) is 3.68. The first-order valence-electron chi connectivity index (χ1n) is 7.51. The number of hydrogen-bond acceptors (Lipinski definition) is 6. The number of sulfone groups is 1. The van der Waals surface area contributed by atoms with E-state index in [9.17, 15) is 8.42 Å². The van der Waals surface area contributed by atoms with Crippen LogP contribution in [0.15, 0.2) is 41.3 Å². The van der Waals surface area contributed by atoms with Crippen molar-refractivity contribution < 1.29 is 8.42 Å². The minimum absolute atomic E-state index is 0.309. The van der Waals surface area contributed by atoms with E-state index in [4.69, 9.17) is 0 Å². The van der Waals surface area contributed by atoms with Gasteiger partial charge in [-0.15, -0.1) is 10.2 Å². The van der Waals surface area contributed by atoms with E-state index in [1.54, 1.807) is 24.3 Å². The first-order chi connectivity index (χ1) is 10.9. The van der Waals surface area contributed by atoms with E-state index < -0.39 is 9.84 Å². The highest BCUT2D eigenvalue weighted by molar-refractivity contribution is 7.90. The number of rotatable bonds is 3. The molecule has 0 N–H and O–H groups in total. The van der Waals surface area contributed by atoms with Gasteiger partial charge in [-0.2, -0.15) is 0 Å². The molecule has 1 aromatic heterocycles. The standard InChI is InChI=1S/C16H20N4O2S/c1-19-9-11-20(12-10-19)16-8-7-15(17-18-16)13-3-5-14(6-4-13)23(2,21)22/h3-8H,9-12H2,1-2H3. The van der Waals surface area contributed by atoms with Gasteiger partial charge < -0.3 is 9.80 Å². The second-order valence-electron chi connectivity index (χ2n) is 5.86. The summed E-state index contributed by atoms with van der Waals surface area (Å²) in [5.74, 6) is 0.884. The molecule has 7 heteroatoms. The first kappa shape index (κ1) is 15.9. The summed E-state index contributed by atoms with van der Waals surface area (Å²) in [5.41, 5.74) is 1.60. The molecule has 0 aliphatic carbocycles. The van der Waals surface area contributed by atoms with Crippen molar-refractivity contribution in [2.75, 3.05) is 44.4 Å². The van der Waals surface area contributed by atoms with Gasteiger partial charge in [0.1, 0.15) is 0 Å². The van der Waals surface area contributed by atoms with E-state index in [1.165, 1.54) is 6.26 Å². The SMILES string of the molecule is CN1CCN(c2ccc(-c3ccc(S(C)(=O)=O)cc3)nn2)CC1. The van der Waals surface area contributed by atoms with Crippen LogP contribution in [-0.4, -0.2) is 63.0 Å². The van der Waals surface area contributed by atoms with Crippen LogP contribution in [0.1, 0.15) is 0 Å². The highest BCUT2D eigenvalue weighted by Crippen LogP contribution is 2.21. The van der Waals surface area contributed by atoms with E-state index in [-0.39, 0.29) is 0 Å². The quantitative estimate of drug-likeness (QED) is 0.844. The average Bonchev–Trinajstić information content (AvgIpc) is 2.55. The van der Waals surface area contributed by atoms with Crippen LogP contribution in [0.4, 0.5) is 5.82 Å². The minimum atomic E-state index is -3.17. The normalized spacial score (nSPS) is 16.5. The Kier molecular flexibility index (Phi) is 4.32. The number of aromatic nitrogens is 2. The molecule has 2 aromatic rings. The van der Waals surface area contributed by atoms with Crippen LogP contribution in [0.5, 0.6) is 0 Å². The Balaban J connectivity index is 1.77. The van der Waals surface area contributed by atoms with Gasteiger partial charge in [-0.25, -0.2) is 8.42 Å². The van der Waals surface area contributed by atoms with E-state index in [2.05, 4.69) is 27.0 Å². The lowest BCUT2D eigenvalue weighted by Crippen LogP contribution is -2.44. The number of hydrogen-bond donors (Lipinski definition) is 0. The summed E-state index contributed by atoms with van der Waals surface area (Å²) in [6, 6.07) is 10.6. The largest absolute Gasteiger partial charge is 0.353 e. The Morgan fingerprint density at radius 1 is 0.913 bits per heavy atom. The predicted octanol–water partition coefficient (Wildman–Crippen LogP) is 1.30. The predicted molar refractivity (Wildman–Crippen MR) is 90.3 cm³/mol. The van der Waals surface area contributed by atoms with Gasteiger partial charge in [0.2, 0.25) is 0 Å². The molecule has 0 bridgehead atoms. The maximum Gasteiger partial charge on any atom is 0.175 e. The molecule has 0 saturated carbocycles. The Hall–Kier alpha value is -1.99. The second kappa shape index (κ2) is 6.25. The van der Waals surface area contributed by atoms with Crippen molar-refractivity contribution in [3.8, 4) is 11.3 Å². The third-order valence-electron chi connectivity index (χ3n) is 4.06. The molecule has 1 aliphatic rings. The van der Waals surface area contributed by atoms with Crippen molar-refractivity contribution in [1.82, 2.24) is 15.1 Å². The zero-order valence-electron chi connectivity index (χ0n) is 13.3. The molecule has 1 aromatic carbocycles. The topological polar surface area (TPSA) is 66.4 Å². The molecule has 0 spiro atoms. The number of likely N-dealkylation sites (N-methyl/N-ethyl adjacent to an activating group) is 1. The molecule has 2 heterocycles. The minimum Gasteiger partial charge on any atom is -0.353 e. The molecule has 122 valence electrons. The van der Waals surface area contributed by atoms with Crippen LogP contribution in [0.3, 0.4) is 0 Å². The molecular weight excluding hydrogens is 312 g/mol. The van der Waals surface area contributed by atoms with Crippen LogP contribution in [-0.2, 0) is 9.84 Å². The second-order valence-corrected chi connectivity index (χ2v) is 7.88. The van der Waals surface area contributed by atoms with Crippen LogP contribution in [0.2, 0.25) is 0 Å².